The summed E-state index contributed by atoms with van der Waals surface area (Å²) in [4.78, 5) is 27.0. The van der Waals surface area contributed by atoms with Crippen molar-refractivity contribution in [3.05, 3.63) is 90.0 Å². The molecule has 1 saturated heterocycles. The van der Waals surface area contributed by atoms with E-state index in [1.165, 1.54) is 18.4 Å². The van der Waals surface area contributed by atoms with Gasteiger partial charge in [0.15, 0.2) is 0 Å². The number of nitrogens with zero attached hydrogens (tertiary/aromatic N) is 1. The van der Waals surface area contributed by atoms with Gasteiger partial charge in [-0.25, -0.2) is 0 Å². The molecule has 1 aliphatic rings. The highest BCUT2D eigenvalue weighted by Crippen LogP contribution is 2.17. The van der Waals surface area contributed by atoms with Gasteiger partial charge in [0.05, 0.1) is 13.2 Å². The van der Waals surface area contributed by atoms with Crippen LogP contribution in [0.3, 0.4) is 0 Å². The topological polar surface area (TPSA) is 70.7 Å². The molecule has 6 heteroatoms. The van der Waals surface area contributed by atoms with Gasteiger partial charge >= 0.3 is 0 Å². The highest BCUT2D eigenvalue weighted by molar-refractivity contribution is 5.95. The smallest absolute Gasteiger partial charge is 0.253 e. The molecule has 35 heavy (non-hydrogen) atoms. The Morgan fingerprint density at radius 2 is 1.43 bits per heavy atom. The monoisotopic (exact) mass is 471 g/mol. The van der Waals surface area contributed by atoms with Crippen molar-refractivity contribution in [2.75, 3.05) is 36.9 Å². The zero-order valence-electron chi connectivity index (χ0n) is 20.0. The average Bonchev–Trinajstić information content (AvgIpc) is 3.19. The molecule has 2 amide bonds. The third-order valence-corrected chi connectivity index (χ3v) is 6.12. The second kappa shape index (κ2) is 12.6. The zero-order valence-corrected chi connectivity index (χ0v) is 20.0. The summed E-state index contributed by atoms with van der Waals surface area (Å²) in [5.41, 5.74) is 3.44. The predicted molar refractivity (Wildman–Crippen MR) is 140 cm³/mol. The maximum absolute atomic E-state index is 12.7. The number of ether oxygens (including phenoxy) is 1. The van der Waals surface area contributed by atoms with Gasteiger partial charge in [0.2, 0.25) is 5.91 Å². The summed E-state index contributed by atoms with van der Waals surface area (Å²) in [6.07, 6.45) is 5.39. The molecule has 0 atom stereocenters. The molecule has 3 aromatic rings. The number of amides is 2. The molecule has 0 radical (unpaired) electrons. The van der Waals surface area contributed by atoms with E-state index >= 15 is 0 Å². The van der Waals surface area contributed by atoms with E-state index in [9.17, 15) is 9.59 Å². The lowest BCUT2D eigenvalue weighted by Gasteiger charge is -2.20. The molecule has 3 aromatic carbocycles. The van der Waals surface area contributed by atoms with E-state index in [4.69, 9.17) is 4.74 Å². The summed E-state index contributed by atoms with van der Waals surface area (Å²) in [5, 5.41) is 6.00. The SMILES string of the molecule is O=C(CNc1ccc(C(=O)N2CCCCCC2)cc1)Nc1ccc(OCCc2ccccc2)cc1. The van der Waals surface area contributed by atoms with Gasteiger partial charge in [-0.15, -0.1) is 0 Å². The molecule has 1 aliphatic heterocycles. The fourth-order valence-corrected chi connectivity index (χ4v) is 4.14. The van der Waals surface area contributed by atoms with Gasteiger partial charge in [-0.2, -0.15) is 0 Å². The Kier molecular flexibility index (Phi) is 8.76. The molecular weight excluding hydrogens is 438 g/mol. The highest BCUT2D eigenvalue weighted by atomic mass is 16.5. The fourth-order valence-electron chi connectivity index (χ4n) is 4.14. The van der Waals surface area contributed by atoms with Gasteiger partial charge in [-0.05, 0) is 66.9 Å². The summed E-state index contributed by atoms with van der Waals surface area (Å²) in [5.74, 6) is 0.711. The van der Waals surface area contributed by atoms with Crippen molar-refractivity contribution in [1.82, 2.24) is 4.90 Å². The molecule has 182 valence electrons. The van der Waals surface area contributed by atoms with Gasteiger partial charge in [0, 0.05) is 36.4 Å². The Bertz CT molecular complexity index is 1070. The standard InChI is InChI=1S/C29H33N3O3/c33-28(31-26-14-16-27(17-15-26)35-21-18-23-8-4-3-5-9-23)22-30-25-12-10-24(11-13-25)29(34)32-19-6-1-2-7-20-32/h3-5,8-17,30H,1-2,6-7,18-22H2,(H,31,33). The van der Waals surface area contributed by atoms with Crippen molar-refractivity contribution in [2.45, 2.75) is 32.1 Å². The van der Waals surface area contributed by atoms with E-state index in [1.807, 2.05) is 71.6 Å². The molecule has 0 saturated carbocycles. The largest absolute Gasteiger partial charge is 0.493 e. The first kappa shape index (κ1) is 24.3. The molecule has 1 heterocycles. The Morgan fingerprint density at radius 3 is 2.11 bits per heavy atom. The second-order valence-corrected chi connectivity index (χ2v) is 8.79. The van der Waals surface area contributed by atoms with Gasteiger partial charge in [0.1, 0.15) is 5.75 Å². The van der Waals surface area contributed by atoms with Crippen LogP contribution in [0, 0.1) is 0 Å². The van der Waals surface area contributed by atoms with E-state index < -0.39 is 0 Å². The molecule has 0 aliphatic carbocycles. The van der Waals surface area contributed by atoms with E-state index in [0.29, 0.717) is 17.9 Å². The summed E-state index contributed by atoms with van der Waals surface area (Å²) < 4.78 is 5.79. The molecular formula is C29H33N3O3. The van der Waals surface area contributed by atoms with Gasteiger partial charge in [-0.1, -0.05) is 43.2 Å². The van der Waals surface area contributed by atoms with E-state index in [1.54, 1.807) is 0 Å². The lowest BCUT2D eigenvalue weighted by molar-refractivity contribution is -0.114. The second-order valence-electron chi connectivity index (χ2n) is 8.79. The third kappa shape index (κ3) is 7.60. The van der Waals surface area contributed by atoms with E-state index in [2.05, 4.69) is 22.8 Å². The lowest BCUT2D eigenvalue weighted by atomic mass is 10.1. The molecule has 6 nitrogen and oxygen atoms in total. The number of rotatable bonds is 9. The number of likely N-dealkylation sites (tertiary alicyclic amines) is 1. The Morgan fingerprint density at radius 1 is 0.771 bits per heavy atom. The predicted octanol–water partition coefficient (Wildman–Crippen LogP) is 5.37. The van der Waals surface area contributed by atoms with Crippen LogP contribution < -0.4 is 15.4 Å². The van der Waals surface area contributed by atoms with Crippen molar-refractivity contribution >= 4 is 23.2 Å². The number of hydrogen-bond donors (Lipinski definition) is 2. The minimum atomic E-state index is -0.146. The normalized spacial score (nSPS) is 13.5. The minimum Gasteiger partial charge on any atom is -0.493 e. The van der Waals surface area contributed by atoms with Crippen LogP contribution in [-0.2, 0) is 11.2 Å². The Labute approximate surface area is 207 Å². The van der Waals surface area contributed by atoms with Crippen LogP contribution in [0.15, 0.2) is 78.9 Å². The lowest BCUT2D eigenvalue weighted by Crippen LogP contribution is -2.31. The molecule has 0 unspecified atom stereocenters. The highest BCUT2D eigenvalue weighted by Gasteiger charge is 2.17. The number of carbonyl (C=O) groups excluding carboxylic acids is 2. The minimum absolute atomic E-state index is 0.0867. The van der Waals surface area contributed by atoms with Gasteiger partial charge in [0.25, 0.3) is 5.91 Å². The Hall–Kier alpha value is -3.80. The van der Waals surface area contributed by atoms with Gasteiger partial charge in [-0.3, -0.25) is 9.59 Å². The quantitative estimate of drug-likeness (QED) is 0.440. The van der Waals surface area contributed by atoms with Crippen LogP contribution in [0.1, 0.15) is 41.6 Å². The summed E-state index contributed by atoms with van der Waals surface area (Å²) in [6.45, 7) is 2.40. The molecule has 0 spiro atoms. The van der Waals surface area contributed by atoms with Crippen LogP contribution >= 0.6 is 0 Å². The van der Waals surface area contributed by atoms with Gasteiger partial charge < -0.3 is 20.3 Å². The van der Waals surface area contributed by atoms with Crippen LogP contribution in [0.25, 0.3) is 0 Å². The number of hydrogen-bond acceptors (Lipinski definition) is 4. The molecule has 2 N–H and O–H groups in total. The van der Waals surface area contributed by atoms with Crippen molar-refractivity contribution < 1.29 is 14.3 Å². The summed E-state index contributed by atoms with van der Waals surface area (Å²) in [7, 11) is 0. The molecule has 0 bridgehead atoms. The van der Waals surface area contributed by atoms with Crippen LogP contribution in [0.5, 0.6) is 5.75 Å². The van der Waals surface area contributed by atoms with Crippen molar-refractivity contribution in [1.29, 1.82) is 0 Å². The average molecular weight is 472 g/mol. The van der Waals surface area contributed by atoms with Crippen LogP contribution in [-0.4, -0.2) is 43.0 Å². The molecule has 0 aromatic heterocycles. The van der Waals surface area contributed by atoms with Crippen molar-refractivity contribution in [3.8, 4) is 5.75 Å². The number of anilines is 2. The first-order valence-corrected chi connectivity index (χ1v) is 12.4. The number of nitrogens with one attached hydrogen (secondary N) is 2. The summed E-state index contributed by atoms with van der Waals surface area (Å²) in [6, 6.07) is 24.9. The Balaban J connectivity index is 1.19. The summed E-state index contributed by atoms with van der Waals surface area (Å²) >= 11 is 0. The molecule has 1 fully saturated rings. The van der Waals surface area contributed by atoms with E-state index in [-0.39, 0.29) is 18.4 Å². The van der Waals surface area contributed by atoms with Crippen LogP contribution in [0.2, 0.25) is 0 Å². The maximum atomic E-state index is 12.7. The fraction of sp³-hybridized carbons (Fsp3) is 0.310. The molecule has 4 rings (SSSR count). The first-order chi connectivity index (χ1) is 17.2. The number of carbonyl (C=O) groups is 2. The van der Waals surface area contributed by atoms with Crippen molar-refractivity contribution in [2.24, 2.45) is 0 Å². The zero-order chi connectivity index (χ0) is 24.3. The van der Waals surface area contributed by atoms with E-state index in [0.717, 1.165) is 43.8 Å². The number of benzene rings is 3. The van der Waals surface area contributed by atoms with Crippen molar-refractivity contribution in [3.63, 3.8) is 0 Å². The third-order valence-electron chi connectivity index (χ3n) is 6.12. The maximum Gasteiger partial charge on any atom is 0.253 e. The first-order valence-electron chi connectivity index (χ1n) is 12.4. The van der Waals surface area contributed by atoms with Crippen LogP contribution in [0.4, 0.5) is 11.4 Å².